The van der Waals surface area contributed by atoms with E-state index in [-0.39, 0.29) is 30.7 Å². The second-order valence-corrected chi connectivity index (χ2v) is 8.63. The summed E-state index contributed by atoms with van der Waals surface area (Å²) >= 11 is 1.81. The van der Waals surface area contributed by atoms with Crippen LogP contribution >= 0.6 is 36.2 Å². The molecular formula is C19H30Cl2N6OS. The van der Waals surface area contributed by atoms with E-state index in [0.29, 0.717) is 24.2 Å². The summed E-state index contributed by atoms with van der Waals surface area (Å²) in [4.78, 5) is 16.4. The van der Waals surface area contributed by atoms with Crippen molar-refractivity contribution in [1.82, 2.24) is 30.5 Å². The van der Waals surface area contributed by atoms with E-state index < -0.39 is 0 Å². The van der Waals surface area contributed by atoms with Gasteiger partial charge in [0, 0.05) is 24.5 Å². The fourth-order valence-electron chi connectivity index (χ4n) is 4.04. The van der Waals surface area contributed by atoms with Gasteiger partial charge in [-0.3, -0.25) is 9.69 Å². The Hall–Kier alpha value is -1.19. The number of hydrogen-bond donors (Lipinski definition) is 2. The van der Waals surface area contributed by atoms with Gasteiger partial charge in [0.25, 0.3) is 5.91 Å². The summed E-state index contributed by atoms with van der Waals surface area (Å²) in [7, 11) is 0. The first kappa shape index (κ1) is 24.1. The van der Waals surface area contributed by atoms with Crippen LogP contribution in [0.25, 0.3) is 0 Å². The Kier molecular flexibility index (Phi) is 9.85. The third kappa shape index (κ3) is 6.65. The first-order valence-electron chi connectivity index (χ1n) is 9.93. The molecule has 0 radical (unpaired) electrons. The van der Waals surface area contributed by atoms with Crippen LogP contribution in [-0.2, 0) is 6.54 Å². The number of rotatable bonds is 6. The van der Waals surface area contributed by atoms with Gasteiger partial charge >= 0.3 is 0 Å². The SMILES string of the molecule is Cl.Cl.O=C(NCC1CCCN(Cc2cccs2)C1)c1cn(C2CCNCC2)nn1. The highest BCUT2D eigenvalue weighted by atomic mass is 35.5. The molecule has 0 bridgehead atoms. The molecule has 7 nitrogen and oxygen atoms in total. The van der Waals surface area contributed by atoms with Crippen molar-refractivity contribution >= 4 is 42.1 Å². The van der Waals surface area contributed by atoms with Crippen LogP contribution < -0.4 is 10.6 Å². The first-order chi connectivity index (χ1) is 13.3. The monoisotopic (exact) mass is 460 g/mol. The van der Waals surface area contributed by atoms with Crippen molar-refractivity contribution in [3.05, 3.63) is 34.3 Å². The van der Waals surface area contributed by atoms with E-state index in [1.807, 2.05) is 16.0 Å². The van der Waals surface area contributed by atoms with E-state index in [0.717, 1.165) is 45.6 Å². The van der Waals surface area contributed by atoms with E-state index in [2.05, 4.69) is 43.4 Å². The normalized spacial score (nSPS) is 20.5. The van der Waals surface area contributed by atoms with Crippen LogP contribution in [0.3, 0.4) is 0 Å². The topological polar surface area (TPSA) is 75.1 Å². The minimum absolute atomic E-state index is 0. The lowest BCUT2D eigenvalue weighted by atomic mass is 9.98. The zero-order chi connectivity index (χ0) is 18.5. The fraction of sp³-hybridized carbons (Fsp3) is 0.632. The molecule has 1 unspecified atom stereocenters. The lowest BCUT2D eigenvalue weighted by molar-refractivity contribution is 0.0926. The summed E-state index contributed by atoms with van der Waals surface area (Å²) in [5.41, 5.74) is 0.430. The number of likely N-dealkylation sites (tertiary alicyclic amines) is 1. The molecule has 2 aliphatic heterocycles. The second-order valence-electron chi connectivity index (χ2n) is 7.60. The summed E-state index contributed by atoms with van der Waals surface area (Å²) in [5.74, 6) is 0.396. The van der Waals surface area contributed by atoms with Gasteiger partial charge in [0.05, 0.1) is 12.2 Å². The van der Waals surface area contributed by atoms with Crippen molar-refractivity contribution in [3.63, 3.8) is 0 Å². The van der Waals surface area contributed by atoms with Crippen molar-refractivity contribution < 1.29 is 4.79 Å². The molecule has 2 aliphatic rings. The molecule has 4 rings (SSSR count). The summed E-state index contributed by atoms with van der Waals surface area (Å²) in [6.07, 6.45) is 6.23. The number of carbonyl (C=O) groups excluding carboxylic acids is 1. The number of aromatic nitrogens is 3. The number of nitrogens with one attached hydrogen (secondary N) is 2. The number of carbonyl (C=O) groups is 1. The quantitative estimate of drug-likeness (QED) is 0.692. The van der Waals surface area contributed by atoms with Crippen LogP contribution in [0, 0.1) is 5.92 Å². The number of hydrogen-bond acceptors (Lipinski definition) is 6. The first-order valence-corrected chi connectivity index (χ1v) is 10.8. The smallest absolute Gasteiger partial charge is 0.273 e. The van der Waals surface area contributed by atoms with Crippen LogP contribution in [0.15, 0.2) is 23.7 Å². The molecule has 29 heavy (non-hydrogen) atoms. The van der Waals surface area contributed by atoms with Crippen molar-refractivity contribution in [2.45, 2.75) is 38.3 Å². The Bertz CT molecular complexity index is 735. The Morgan fingerprint density at radius 1 is 1.28 bits per heavy atom. The van der Waals surface area contributed by atoms with Gasteiger partial charge < -0.3 is 10.6 Å². The van der Waals surface area contributed by atoms with Crippen LogP contribution in [-0.4, -0.2) is 58.5 Å². The Morgan fingerprint density at radius 2 is 2.10 bits per heavy atom. The highest BCUT2D eigenvalue weighted by Gasteiger charge is 2.22. The largest absolute Gasteiger partial charge is 0.350 e. The molecule has 2 aromatic rings. The standard InChI is InChI=1S/C19H28N6OS.2ClH/c26-19(18-14-25(23-22-18)16-5-7-20-8-6-16)21-11-15-3-1-9-24(12-15)13-17-4-2-10-27-17;;/h2,4,10,14-16,20H,1,3,5-9,11-13H2,(H,21,26);2*1H. The van der Waals surface area contributed by atoms with Crippen molar-refractivity contribution in [2.24, 2.45) is 5.92 Å². The van der Waals surface area contributed by atoms with Gasteiger partial charge in [0.1, 0.15) is 0 Å². The highest BCUT2D eigenvalue weighted by Crippen LogP contribution is 2.20. The average Bonchev–Trinajstić information content (AvgIpc) is 3.39. The third-order valence-electron chi connectivity index (χ3n) is 5.54. The molecule has 4 heterocycles. The van der Waals surface area contributed by atoms with Crippen LogP contribution in [0.4, 0.5) is 0 Å². The molecular weight excluding hydrogens is 431 g/mol. The van der Waals surface area contributed by atoms with Gasteiger partial charge in [-0.2, -0.15) is 0 Å². The number of nitrogens with zero attached hydrogens (tertiary/aromatic N) is 4. The maximum Gasteiger partial charge on any atom is 0.273 e. The molecule has 1 atom stereocenters. The molecule has 162 valence electrons. The van der Waals surface area contributed by atoms with Gasteiger partial charge in [-0.1, -0.05) is 11.3 Å². The highest BCUT2D eigenvalue weighted by molar-refractivity contribution is 7.09. The number of amides is 1. The summed E-state index contributed by atoms with van der Waals surface area (Å²) < 4.78 is 1.86. The van der Waals surface area contributed by atoms with Gasteiger partial charge in [-0.25, -0.2) is 4.68 Å². The average molecular weight is 461 g/mol. The summed E-state index contributed by atoms with van der Waals surface area (Å²) in [6, 6.07) is 4.66. The molecule has 0 saturated carbocycles. The maximum atomic E-state index is 12.5. The van der Waals surface area contributed by atoms with Crippen LogP contribution in [0.5, 0.6) is 0 Å². The number of thiophene rings is 1. The molecule has 0 spiro atoms. The summed E-state index contributed by atoms with van der Waals surface area (Å²) in [6.45, 7) is 5.91. The summed E-state index contributed by atoms with van der Waals surface area (Å²) in [5, 5.41) is 16.8. The number of piperidine rings is 2. The third-order valence-corrected chi connectivity index (χ3v) is 6.40. The molecule has 0 aromatic carbocycles. The minimum atomic E-state index is -0.106. The van der Waals surface area contributed by atoms with Crippen LogP contribution in [0.1, 0.15) is 47.1 Å². The number of halogens is 2. The maximum absolute atomic E-state index is 12.5. The van der Waals surface area contributed by atoms with Crippen molar-refractivity contribution in [3.8, 4) is 0 Å². The van der Waals surface area contributed by atoms with E-state index >= 15 is 0 Å². The Balaban J connectivity index is 0.00000150. The van der Waals surface area contributed by atoms with E-state index in [9.17, 15) is 4.79 Å². The molecule has 1 amide bonds. The molecule has 0 aliphatic carbocycles. The predicted octanol–water partition coefficient (Wildman–Crippen LogP) is 2.75. The molecule has 2 fully saturated rings. The van der Waals surface area contributed by atoms with Gasteiger partial charge in [-0.05, 0) is 62.7 Å². The fourth-order valence-corrected chi connectivity index (χ4v) is 4.79. The van der Waals surface area contributed by atoms with Crippen molar-refractivity contribution in [1.29, 1.82) is 0 Å². The predicted molar refractivity (Wildman–Crippen MR) is 120 cm³/mol. The van der Waals surface area contributed by atoms with Gasteiger partial charge in [-0.15, -0.1) is 41.2 Å². The Morgan fingerprint density at radius 3 is 2.86 bits per heavy atom. The lowest BCUT2D eigenvalue weighted by Gasteiger charge is -2.32. The van der Waals surface area contributed by atoms with Crippen molar-refractivity contribution in [2.75, 3.05) is 32.7 Å². The van der Waals surface area contributed by atoms with E-state index in [1.54, 1.807) is 6.20 Å². The van der Waals surface area contributed by atoms with Gasteiger partial charge in [0.15, 0.2) is 5.69 Å². The zero-order valence-electron chi connectivity index (χ0n) is 16.5. The Labute approximate surface area is 188 Å². The van der Waals surface area contributed by atoms with E-state index in [1.165, 1.54) is 17.7 Å². The lowest BCUT2D eigenvalue weighted by Crippen LogP contribution is -2.40. The van der Waals surface area contributed by atoms with Gasteiger partial charge in [0.2, 0.25) is 0 Å². The molecule has 10 heteroatoms. The van der Waals surface area contributed by atoms with Crippen LogP contribution in [0.2, 0.25) is 0 Å². The minimum Gasteiger partial charge on any atom is -0.350 e. The second kappa shape index (κ2) is 11.9. The zero-order valence-corrected chi connectivity index (χ0v) is 18.9. The molecule has 2 aromatic heterocycles. The van der Waals surface area contributed by atoms with E-state index in [4.69, 9.17) is 0 Å². The molecule has 2 saturated heterocycles. The molecule has 2 N–H and O–H groups in total.